The van der Waals surface area contributed by atoms with E-state index in [0.29, 0.717) is 5.41 Å². The topological polar surface area (TPSA) is 44.0 Å². The SMILES string of the molecule is Cc1ncc(CNCC(C)(C)CN(C)C)[nH]1. The van der Waals surface area contributed by atoms with Gasteiger partial charge < -0.3 is 15.2 Å². The van der Waals surface area contributed by atoms with Gasteiger partial charge in [0, 0.05) is 31.5 Å². The molecule has 0 amide bonds. The minimum atomic E-state index is 0.290. The van der Waals surface area contributed by atoms with Crippen LogP contribution in [0.4, 0.5) is 0 Å². The molecule has 1 aromatic rings. The Bertz CT molecular complexity index is 315. The van der Waals surface area contributed by atoms with Gasteiger partial charge in [0.25, 0.3) is 0 Å². The molecule has 0 aliphatic rings. The molecule has 0 spiro atoms. The molecule has 0 atom stereocenters. The Morgan fingerprint density at radius 1 is 1.44 bits per heavy atom. The standard InChI is InChI=1S/C12H24N4/c1-10-14-7-11(15-10)6-13-8-12(2,3)9-16(4)5/h7,13H,6,8-9H2,1-5H3,(H,14,15). The number of aromatic nitrogens is 2. The Morgan fingerprint density at radius 2 is 2.12 bits per heavy atom. The van der Waals surface area contributed by atoms with Crippen LogP contribution < -0.4 is 5.32 Å². The maximum absolute atomic E-state index is 4.18. The molecule has 2 N–H and O–H groups in total. The van der Waals surface area contributed by atoms with Crippen molar-refractivity contribution in [2.75, 3.05) is 27.2 Å². The van der Waals surface area contributed by atoms with Crippen molar-refractivity contribution in [3.63, 3.8) is 0 Å². The van der Waals surface area contributed by atoms with Crippen LogP contribution in [0.2, 0.25) is 0 Å². The summed E-state index contributed by atoms with van der Waals surface area (Å²) in [5.74, 6) is 0.976. The normalized spacial score (nSPS) is 12.4. The van der Waals surface area contributed by atoms with Crippen LogP contribution in [-0.4, -0.2) is 42.1 Å². The predicted octanol–water partition coefficient (Wildman–Crippen LogP) is 1.40. The lowest BCUT2D eigenvalue weighted by Crippen LogP contribution is -2.37. The van der Waals surface area contributed by atoms with Crippen molar-refractivity contribution in [2.45, 2.75) is 27.3 Å². The molecule has 1 heterocycles. The van der Waals surface area contributed by atoms with Crippen molar-refractivity contribution in [2.24, 2.45) is 5.41 Å². The molecule has 0 fully saturated rings. The van der Waals surface area contributed by atoms with Crippen LogP contribution in [0.3, 0.4) is 0 Å². The zero-order valence-corrected chi connectivity index (χ0v) is 11.1. The summed E-state index contributed by atoms with van der Waals surface area (Å²) in [6, 6.07) is 0. The fourth-order valence-corrected chi connectivity index (χ4v) is 2.01. The van der Waals surface area contributed by atoms with Gasteiger partial charge in [-0.3, -0.25) is 0 Å². The van der Waals surface area contributed by atoms with Crippen LogP contribution in [0.5, 0.6) is 0 Å². The van der Waals surface area contributed by atoms with Gasteiger partial charge in [0.2, 0.25) is 0 Å². The second-order valence-electron chi connectivity index (χ2n) is 5.50. The van der Waals surface area contributed by atoms with Gasteiger partial charge in [-0.1, -0.05) is 13.8 Å². The molecular weight excluding hydrogens is 200 g/mol. The predicted molar refractivity (Wildman–Crippen MR) is 67.4 cm³/mol. The molecule has 0 unspecified atom stereocenters. The van der Waals surface area contributed by atoms with Crippen molar-refractivity contribution in [3.8, 4) is 0 Å². The molecule has 0 radical (unpaired) electrons. The van der Waals surface area contributed by atoms with E-state index in [1.54, 1.807) is 0 Å². The summed E-state index contributed by atoms with van der Waals surface area (Å²) in [6.45, 7) is 9.47. The molecule has 4 nitrogen and oxygen atoms in total. The zero-order valence-electron chi connectivity index (χ0n) is 11.1. The molecule has 1 aromatic heterocycles. The fraction of sp³-hybridized carbons (Fsp3) is 0.750. The Kier molecular flexibility index (Phi) is 4.50. The van der Waals surface area contributed by atoms with Gasteiger partial charge in [0.1, 0.15) is 5.82 Å². The molecule has 0 bridgehead atoms. The third-order valence-electron chi connectivity index (χ3n) is 2.42. The van der Waals surface area contributed by atoms with E-state index in [0.717, 1.165) is 31.2 Å². The van der Waals surface area contributed by atoms with Crippen LogP contribution in [0, 0.1) is 12.3 Å². The summed E-state index contributed by atoms with van der Waals surface area (Å²) < 4.78 is 0. The highest BCUT2D eigenvalue weighted by Gasteiger charge is 2.18. The fourth-order valence-electron chi connectivity index (χ4n) is 2.01. The lowest BCUT2D eigenvalue weighted by molar-refractivity contribution is 0.232. The Hall–Kier alpha value is -0.870. The van der Waals surface area contributed by atoms with Gasteiger partial charge in [0.05, 0.1) is 0 Å². The summed E-state index contributed by atoms with van der Waals surface area (Å²) in [7, 11) is 4.22. The van der Waals surface area contributed by atoms with Crippen LogP contribution in [0.1, 0.15) is 25.4 Å². The van der Waals surface area contributed by atoms with Crippen LogP contribution in [-0.2, 0) is 6.54 Å². The lowest BCUT2D eigenvalue weighted by atomic mass is 9.93. The number of H-pyrrole nitrogens is 1. The van der Waals surface area contributed by atoms with E-state index in [1.165, 1.54) is 0 Å². The summed E-state index contributed by atoms with van der Waals surface area (Å²) >= 11 is 0. The Labute approximate surface area is 98.5 Å². The van der Waals surface area contributed by atoms with Crippen molar-refractivity contribution >= 4 is 0 Å². The van der Waals surface area contributed by atoms with Crippen LogP contribution in [0.25, 0.3) is 0 Å². The monoisotopic (exact) mass is 224 g/mol. The van der Waals surface area contributed by atoms with Gasteiger partial charge in [-0.15, -0.1) is 0 Å². The first-order chi connectivity index (χ1) is 7.39. The minimum absolute atomic E-state index is 0.290. The smallest absolute Gasteiger partial charge is 0.103 e. The van der Waals surface area contributed by atoms with E-state index in [9.17, 15) is 0 Å². The van der Waals surface area contributed by atoms with Crippen LogP contribution >= 0.6 is 0 Å². The van der Waals surface area contributed by atoms with Crippen molar-refractivity contribution in [3.05, 3.63) is 17.7 Å². The van der Waals surface area contributed by atoms with Crippen molar-refractivity contribution < 1.29 is 0 Å². The van der Waals surface area contributed by atoms with Crippen molar-refractivity contribution in [1.29, 1.82) is 0 Å². The quantitative estimate of drug-likeness (QED) is 0.767. The largest absolute Gasteiger partial charge is 0.345 e. The number of nitrogens with zero attached hydrogens (tertiary/aromatic N) is 2. The average Bonchev–Trinajstić information content (AvgIpc) is 2.48. The maximum Gasteiger partial charge on any atom is 0.103 e. The number of imidazole rings is 1. The van der Waals surface area contributed by atoms with E-state index in [-0.39, 0.29) is 0 Å². The highest BCUT2D eigenvalue weighted by atomic mass is 15.1. The summed E-state index contributed by atoms with van der Waals surface area (Å²) in [6.07, 6.45) is 1.89. The average molecular weight is 224 g/mol. The molecule has 0 aromatic carbocycles. The van der Waals surface area contributed by atoms with Crippen LogP contribution in [0.15, 0.2) is 6.20 Å². The summed E-state index contributed by atoms with van der Waals surface area (Å²) in [5.41, 5.74) is 1.44. The Balaban J connectivity index is 2.29. The first kappa shape index (κ1) is 13.2. The highest BCUT2D eigenvalue weighted by Crippen LogP contribution is 2.14. The van der Waals surface area contributed by atoms with Gasteiger partial charge in [-0.2, -0.15) is 0 Å². The van der Waals surface area contributed by atoms with E-state index in [1.807, 2.05) is 13.1 Å². The van der Waals surface area contributed by atoms with E-state index in [4.69, 9.17) is 0 Å². The number of nitrogens with one attached hydrogen (secondary N) is 2. The number of aromatic amines is 1. The first-order valence-corrected chi connectivity index (χ1v) is 5.75. The number of hydrogen-bond donors (Lipinski definition) is 2. The van der Waals surface area contributed by atoms with Gasteiger partial charge in [0.15, 0.2) is 0 Å². The minimum Gasteiger partial charge on any atom is -0.345 e. The van der Waals surface area contributed by atoms with Gasteiger partial charge in [-0.25, -0.2) is 4.98 Å². The van der Waals surface area contributed by atoms with E-state index < -0.39 is 0 Å². The third-order valence-corrected chi connectivity index (χ3v) is 2.42. The highest BCUT2D eigenvalue weighted by molar-refractivity contribution is 4.99. The lowest BCUT2D eigenvalue weighted by Gasteiger charge is -2.28. The van der Waals surface area contributed by atoms with E-state index >= 15 is 0 Å². The molecule has 0 saturated carbocycles. The van der Waals surface area contributed by atoms with E-state index in [2.05, 4.69) is 48.1 Å². The zero-order chi connectivity index (χ0) is 12.2. The van der Waals surface area contributed by atoms with Gasteiger partial charge in [-0.05, 0) is 26.4 Å². The summed E-state index contributed by atoms with van der Waals surface area (Å²) in [5, 5.41) is 3.46. The number of rotatable bonds is 6. The molecule has 92 valence electrons. The molecule has 0 saturated heterocycles. The molecule has 1 rings (SSSR count). The summed E-state index contributed by atoms with van der Waals surface area (Å²) in [4.78, 5) is 9.62. The van der Waals surface area contributed by atoms with Crippen molar-refractivity contribution in [1.82, 2.24) is 20.2 Å². The second-order valence-corrected chi connectivity index (χ2v) is 5.50. The molecular formula is C12H24N4. The Morgan fingerprint density at radius 3 is 2.62 bits per heavy atom. The molecule has 0 aliphatic carbocycles. The third kappa shape index (κ3) is 4.77. The number of aryl methyl sites for hydroxylation is 1. The van der Waals surface area contributed by atoms with Gasteiger partial charge >= 0.3 is 0 Å². The molecule has 0 aliphatic heterocycles. The molecule has 16 heavy (non-hydrogen) atoms. The second kappa shape index (κ2) is 5.46. The molecule has 4 heteroatoms. The maximum atomic E-state index is 4.18. The first-order valence-electron chi connectivity index (χ1n) is 5.75. The number of hydrogen-bond acceptors (Lipinski definition) is 3.